The van der Waals surface area contributed by atoms with Gasteiger partial charge in [0.05, 0.1) is 10.6 Å². The Kier molecular flexibility index (Phi) is 6.96. The highest BCUT2D eigenvalue weighted by Gasteiger charge is 2.10. The summed E-state index contributed by atoms with van der Waals surface area (Å²) in [5, 5.41) is 3.32. The van der Waals surface area contributed by atoms with E-state index in [0.29, 0.717) is 0 Å². The van der Waals surface area contributed by atoms with Crippen LogP contribution < -0.4 is 0 Å². The van der Waals surface area contributed by atoms with E-state index in [1.54, 1.807) is 11.3 Å². The zero-order valence-corrected chi connectivity index (χ0v) is 18.1. The van der Waals surface area contributed by atoms with Crippen LogP contribution in [0, 0.1) is 0 Å². The lowest BCUT2D eigenvalue weighted by Crippen LogP contribution is -1.86. The number of hydrogen-bond acceptors (Lipinski definition) is 3. The first-order valence-electron chi connectivity index (χ1n) is 9.21. The summed E-state index contributed by atoms with van der Waals surface area (Å²) in [4.78, 5) is 6.17. The summed E-state index contributed by atoms with van der Waals surface area (Å²) in [7, 11) is 1.35. The number of nitrogens with zero attached hydrogens (tertiary/aromatic N) is 1. The SMILES string of the molecule is CC.CCc1pcc(-c2nc(-c3ccc(C4=CCCC=C4)cc3)cs2)s1. The van der Waals surface area contributed by atoms with Crippen molar-refractivity contribution in [3.63, 3.8) is 0 Å². The van der Waals surface area contributed by atoms with Gasteiger partial charge in [0.2, 0.25) is 0 Å². The molecule has 3 aromatic rings. The van der Waals surface area contributed by atoms with E-state index in [1.807, 2.05) is 25.2 Å². The molecule has 134 valence electrons. The molecule has 26 heavy (non-hydrogen) atoms. The molecule has 0 aliphatic heterocycles. The highest BCUT2D eigenvalue weighted by Crippen LogP contribution is 2.38. The molecule has 0 saturated carbocycles. The maximum Gasteiger partial charge on any atom is 0.134 e. The van der Waals surface area contributed by atoms with E-state index < -0.39 is 0 Å². The second-order valence-electron chi connectivity index (χ2n) is 5.73. The Labute approximate surface area is 166 Å². The van der Waals surface area contributed by atoms with Crippen LogP contribution in [-0.4, -0.2) is 4.98 Å². The van der Waals surface area contributed by atoms with Crippen molar-refractivity contribution in [1.82, 2.24) is 4.98 Å². The fraction of sp³-hybridized carbons (Fsp3) is 0.273. The predicted octanol–water partition coefficient (Wildman–Crippen LogP) is 8.44. The molecule has 2 heterocycles. The molecule has 0 spiro atoms. The maximum atomic E-state index is 4.86. The molecular weight excluding hydrogens is 373 g/mol. The molecule has 0 amide bonds. The van der Waals surface area contributed by atoms with Crippen molar-refractivity contribution in [2.75, 3.05) is 0 Å². The first kappa shape index (κ1) is 19.2. The molecule has 0 fully saturated rings. The van der Waals surface area contributed by atoms with Gasteiger partial charge in [-0.2, -0.15) is 0 Å². The van der Waals surface area contributed by atoms with Crippen molar-refractivity contribution in [2.24, 2.45) is 0 Å². The summed E-state index contributed by atoms with van der Waals surface area (Å²) in [6.07, 6.45) is 10.2. The van der Waals surface area contributed by atoms with Gasteiger partial charge < -0.3 is 0 Å². The molecule has 0 N–H and O–H groups in total. The van der Waals surface area contributed by atoms with Crippen LogP contribution in [0.15, 0.2) is 53.7 Å². The third kappa shape index (κ3) is 4.40. The molecule has 1 aliphatic rings. The second-order valence-corrected chi connectivity index (χ2v) is 9.08. The van der Waals surface area contributed by atoms with Crippen LogP contribution in [-0.2, 0) is 6.42 Å². The van der Waals surface area contributed by atoms with Crippen LogP contribution in [0.25, 0.3) is 26.7 Å². The first-order chi connectivity index (χ1) is 12.8. The monoisotopic (exact) mass is 397 g/mol. The summed E-state index contributed by atoms with van der Waals surface area (Å²) in [5.41, 5.74) is 4.90. The summed E-state index contributed by atoms with van der Waals surface area (Å²) in [6, 6.07) is 8.80. The van der Waals surface area contributed by atoms with Gasteiger partial charge in [-0.05, 0) is 36.2 Å². The average molecular weight is 398 g/mol. The van der Waals surface area contributed by atoms with Crippen LogP contribution in [0.3, 0.4) is 0 Å². The van der Waals surface area contributed by atoms with Crippen molar-refractivity contribution in [2.45, 2.75) is 40.0 Å². The van der Waals surface area contributed by atoms with Crippen molar-refractivity contribution >= 4 is 36.4 Å². The third-order valence-corrected chi connectivity index (χ3v) is 7.90. The molecule has 1 nitrogen and oxygen atoms in total. The summed E-state index contributed by atoms with van der Waals surface area (Å²) < 4.78 is 1.51. The van der Waals surface area contributed by atoms with Crippen molar-refractivity contribution in [3.05, 3.63) is 63.8 Å². The molecule has 1 aliphatic carbocycles. The number of aromatic nitrogens is 1. The molecule has 0 saturated heterocycles. The van der Waals surface area contributed by atoms with E-state index in [-0.39, 0.29) is 0 Å². The molecule has 0 atom stereocenters. The van der Waals surface area contributed by atoms with Crippen molar-refractivity contribution in [3.8, 4) is 21.1 Å². The van der Waals surface area contributed by atoms with Crippen LogP contribution in [0.5, 0.6) is 0 Å². The summed E-state index contributed by atoms with van der Waals surface area (Å²) >= 11 is 3.64. The number of allylic oxidation sites excluding steroid dienone is 4. The minimum atomic E-state index is 1.08. The largest absolute Gasteiger partial charge is 0.235 e. The van der Waals surface area contributed by atoms with Crippen LogP contribution in [0.1, 0.15) is 43.8 Å². The summed E-state index contributed by atoms with van der Waals surface area (Å²) in [5.74, 6) is 2.29. The summed E-state index contributed by atoms with van der Waals surface area (Å²) in [6.45, 7) is 6.22. The van der Waals surface area contributed by atoms with Gasteiger partial charge in [0.1, 0.15) is 5.01 Å². The average Bonchev–Trinajstić information content (AvgIpc) is 3.40. The van der Waals surface area contributed by atoms with E-state index >= 15 is 0 Å². The van der Waals surface area contributed by atoms with Gasteiger partial charge in [-0.15, -0.1) is 22.7 Å². The highest BCUT2D eigenvalue weighted by atomic mass is 32.1. The minimum absolute atomic E-state index is 1.08. The number of benzene rings is 1. The Morgan fingerprint density at radius 1 is 1.08 bits per heavy atom. The molecule has 4 rings (SSSR count). The Morgan fingerprint density at radius 3 is 2.50 bits per heavy atom. The molecule has 2 aromatic heterocycles. The van der Waals surface area contributed by atoms with Gasteiger partial charge in [-0.25, -0.2) is 4.98 Å². The molecule has 0 radical (unpaired) electrons. The topological polar surface area (TPSA) is 12.9 Å². The zero-order valence-electron chi connectivity index (χ0n) is 15.5. The Balaban J connectivity index is 0.000000948. The van der Waals surface area contributed by atoms with E-state index in [0.717, 1.165) is 30.0 Å². The van der Waals surface area contributed by atoms with Crippen LogP contribution in [0.2, 0.25) is 0 Å². The fourth-order valence-corrected chi connectivity index (χ4v) is 5.98. The van der Waals surface area contributed by atoms with E-state index in [4.69, 9.17) is 4.98 Å². The van der Waals surface area contributed by atoms with Crippen LogP contribution in [0.4, 0.5) is 0 Å². The van der Waals surface area contributed by atoms with Crippen LogP contribution >= 0.6 is 30.9 Å². The number of aryl methyl sites for hydroxylation is 1. The molecule has 4 heteroatoms. The Morgan fingerprint density at radius 2 is 1.85 bits per heavy atom. The van der Waals surface area contributed by atoms with E-state index in [1.165, 1.54) is 34.4 Å². The lowest BCUT2D eigenvalue weighted by atomic mass is 9.98. The van der Waals surface area contributed by atoms with E-state index in [9.17, 15) is 0 Å². The van der Waals surface area contributed by atoms with Gasteiger partial charge in [0.15, 0.2) is 0 Å². The maximum absolute atomic E-state index is 4.86. The highest BCUT2D eigenvalue weighted by molar-refractivity contribution is 7.43. The smallest absolute Gasteiger partial charge is 0.134 e. The number of thiazole rings is 1. The standard InChI is InChI=1S/C20H18NPS2.C2H6/c1-2-19-22-12-18(24-19)20-21-17(13-23-20)16-10-8-15(9-11-16)14-6-4-3-5-7-14;1-2/h4,6-13H,2-3,5H2,1H3;1-2H3. The fourth-order valence-electron chi connectivity index (χ4n) is 2.75. The van der Waals surface area contributed by atoms with Gasteiger partial charge >= 0.3 is 0 Å². The van der Waals surface area contributed by atoms with Gasteiger partial charge in [0.25, 0.3) is 0 Å². The quantitative estimate of drug-likeness (QED) is 0.430. The molecule has 0 unspecified atom stereocenters. The first-order valence-corrected chi connectivity index (χ1v) is 11.9. The van der Waals surface area contributed by atoms with Crippen molar-refractivity contribution in [1.29, 1.82) is 0 Å². The molecule has 0 bridgehead atoms. The zero-order chi connectivity index (χ0) is 18.4. The number of hydrogen-bond donors (Lipinski definition) is 0. The predicted molar refractivity (Wildman–Crippen MR) is 120 cm³/mol. The third-order valence-electron chi connectivity index (χ3n) is 4.08. The second kappa shape index (κ2) is 9.41. The lowest BCUT2D eigenvalue weighted by Gasteiger charge is -2.07. The molecular formula is C22H24NPS2. The normalized spacial score (nSPS) is 13.4. The van der Waals surface area contributed by atoms with E-state index in [2.05, 4.69) is 60.6 Å². The lowest BCUT2D eigenvalue weighted by molar-refractivity contribution is 1.04. The number of rotatable bonds is 4. The minimum Gasteiger partial charge on any atom is -0.235 e. The molecule has 1 aromatic carbocycles. The van der Waals surface area contributed by atoms with Gasteiger partial charge in [-0.3, -0.25) is 0 Å². The Bertz CT molecular complexity index is 900. The van der Waals surface area contributed by atoms with Crippen molar-refractivity contribution < 1.29 is 0 Å². The Hall–Kier alpha value is -1.54. The van der Waals surface area contributed by atoms with Gasteiger partial charge in [-0.1, -0.05) is 71.5 Å². The van der Waals surface area contributed by atoms with Gasteiger partial charge in [0, 0.05) is 15.6 Å².